The average molecular weight is 215 g/mol. The van der Waals surface area contributed by atoms with Gasteiger partial charge in [0.2, 0.25) is 0 Å². The summed E-state index contributed by atoms with van der Waals surface area (Å²) in [5.74, 6) is 0.561. The first-order chi connectivity index (χ1) is 7.78. The molecule has 1 N–H and O–H groups in total. The summed E-state index contributed by atoms with van der Waals surface area (Å²) in [4.78, 5) is 3.17. The third-order valence-corrected chi connectivity index (χ3v) is 2.77. The van der Waals surface area contributed by atoms with Crippen LogP contribution in [0.25, 0.3) is 21.8 Å². The maximum atomic E-state index is 13.1. The Hall–Kier alpha value is -2.03. The first-order valence-electron chi connectivity index (χ1n) is 5.03. The standard InChI is InChI=1S/C13H10FNO/c1-16-9-3-5-11-10-4-2-8(14)6-12(10)15-13(11)7-9/h2-7,15H,1H3. The summed E-state index contributed by atoms with van der Waals surface area (Å²) in [7, 11) is 1.63. The highest BCUT2D eigenvalue weighted by Gasteiger charge is 2.05. The molecule has 0 atom stereocenters. The number of benzene rings is 2. The van der Waals surface area contributed by atoms with Crippen molar-refractivity contribution < 1.29 is 9.13 Å². The van der Waals surface area contributed by atoms with E-state index in [2.05, 4.69) is 4.98 Å². The van der Waals surface area contributed by atoms with Gasteiger partial charge in [0.1, 0.15) is 11.6 Å². The van der Waals surface area contributed by atoms with Crippen LogP contribution < -0.4 is 4.74 Å². The fraction of sp³-hybridized carbons (Fsp3) is 0.0769. The number of rotatable bonds is 1. The molecule has 1 aromatic heterocycles. The first-order valence-corrected chi connectivity index (χ1v) is 5.03. The average Bonchev–Trinajstić information content (AvgIpc) is 2.64. The van der Waals surface area contributed by atoms with Crippen molar-refractivity contribution in [3.63, 3.8) is 0 Å². The number of hydrogen-bond donors (Lipinski definition) is 1. The van der Waals surface area contributed by atoms with E-state index in [1.165, 1.54) is 12.1 Å². The molecular weight excluding hydrogens is 205 g/mol. The quantitative estimate of drug-likeness (QED) is 0.660. The monoisotopic (exact) mass is 215 g/mol. The Kier molecular flexibility index (Phi) is 1.86. The third-order valence-electron chi connectivity index (χ3n) is 2.77. The normalized spacial score (nSPS) is 11.1. The molecule has 16 heavy (non-hydrogen) atoms. The van der Waals surface area contributed by atoms with E-state index in [9.17, 15) is 4.39 Å². The number of hydrogen-bond acceptors (Lipinski definition) is 1. The van der Waals surface area contributed by atoms with E-state index in [1.807, 2.05) is 18.2 Å². The molecule has 0 amide bonds. The molecule has 0 aliphatic heterocycles. The smallest absolute Gasteiger partial charge is 0.125 e. The van der Waals surface area contributed by atoms with Gasteiger partial charge in [-0.25, -0.2) is 4.39 Å². The van der Waals surface area contributed by atoms with E-state index >= 15 is 0 Å². The molecule has 0 saturated heterocycles. The number of methoxy groups -OCH3 is 1. The van der Waals surface area contributed by atoms with Crippen LogP contribution in [0.2, 0.25) is 0 Å². The van der Waals surface area contributed by atoms with E-state index in [0.29, 0.717) is 0 Å². The van der Waals surface area contributed by atoms with Gasteiger partial charge in [0.25, 0.3) is 0 Å². The fourth-order valence-electron chi connectivity index (χ4n) is 1.99. The van der Waals surface area contributed by atoms with Crippen molar-refractivity contribution in [2.45, 2.75) is 0 Å². The second-order valence-electron chi connectivity index (χ2n) is 3.73. The van der Waals surface area contributed by atoms with Crippen molar-refractivity contribution in [3.05, 3.63) is 42.2 Å². The molecular formula is C13H10FNO. The summed E-state index contributed by atoms with van der Waals surface area (Å²) < 4.78 is 18.2. The number of fused-ring (bicyclic) bond motifs is 3. The highest BCUT2D eigenvalue weighted by Crippen LogP contribution is 2.28. The minimum Gasteiger partial charge on any atom is -0.497 e. The lowest BCUT2D eigenvalue weighted by atomic mass is 10.1. The lowest BCUT2D eigenvalue weighted by Crippen LogP contribution is -1.80. The van der Waals surface area contributed by atoms with Gasteiger partial charge in [-0.15, -0.1) is 0 Å². The predicted octanol–water partition coefficient (Wildman–Crippen LogP) is 3.47. The van der Waals surface area contributed by atoms with Gasteiger partial charge in [0, 0.05) is 22.4 Å². The molecule has 0 unspecified atom stereocenters. The second kappa shape index (κ2) is 3.23. The molecule has 3 aromatic rings. The zero-order chi connectivity index (χ0) is 11.1. The molecule has 3 heteroatoms. The van der Waals surface area contributed by atoms with Crippen LogP contribution in [0.3, 0.4) is 0 Å². The summed E-state index contributed by atoms with van der Waals surface area (Å²) in [5, 5.41) is 2.11. The van der Waals surface area contributed by atoms with E-state index < -0.39 is 0 Å². The van der Waals surface area contributed by atoms with Crippen molar-refractivity contribution in [1.29, 1.82) is 0 Å². The van der Waals surface area contributed by atoms with Crippen LogP contribution in [0.4, 0.5) is 4.39 Å². The Labute approximate surface area is 91.6 Å². The van der Waals surface area contributed by atoms with Gasteiger partial charge in [0.05, 0.1) is 12.6 Å². The molecule has 0 saturated carbocycles. The largest absolute Gasteiger partial charge is 0.497 e. The van der Waals surface area contributed by atoms with Crippen molar-refractivity contribution in [3.8, 4) is 5.75 Å². The number of H-pyrrole nitrogens is 1. The summed E-state index contributed by atoms with van der Waals surface area (Å²) in [5.41, 5.74) is 1.77. The number of aromatic nitrogens is 1. The van der Waals surface area contributed by atoms with Gasteiger partial charge < -0.3 is 9.72 Å². The topological polar surface area (TPSA) is 25.0 Å². The van der Waals surface area contributed by atoms with E-state index in [0.717, 1.165) is 27.6 Å². The van der Waals surface area contributed by atoms with Crippen LogP contribution in [0.1, 0.15) is 0 Å². The second-order valence-corrected chi connectivity index (χ2v) is 3.73. The molecule has 0 radical (unpaired) electrons. The summed E-state index contributed by atoms with van der Waals surface area (Å²) in [6.07, 6.45) is 0. The Bertz CT molecular complexity index is 672. The zero-order valence-electron chi connectivity index (χ0n) is 8.75. The molecule has 2 nitrogen and oxygen atoms in total. The Morgan fingerprint density at radius 1 is 1.00 bits per heavy atom. The number of nitrogens with one attached hydrogen (secondary N) is 1. The molecule has 1 heterocycles. The van der Waals surface area contributed by atoms with Crippen molar-refractivity contribution >= 4 is 21.8 Å². The van der Waals surface area contributed by atoms with Gasteiger partial charge in [0.15, 0.2) is 0 Å². The molecule has 80 valence electrons. The minimum atomic E-state index is -0.231. The van der Waals surface area contributed by atoms with E-state index in [1.54, 1.807) is 13.2 Å². The SMILES string of the molecule is COc1ccc2c(c1)[nH]c1cc(F)ccc12. The number of ether oxygens (including phenoxy) is 1. The molecule has 0 aliphatic rings. The molecule has 0 bridgehead atoms. The fourth-order valence-corrected chi connectivity index (χ4v) is 1.99. The lowest BCUT2D eigenvalue weighted by molar-refractivity contribution is 0.415. The molecule has 0 spiro atoms. The van der Waals surface area contributed by atoms with E-state index in [-0.39, 0.29) is 5.82 Å². The Morgan fingerprint density at radius 2 is 1.69 bits per heavy atom. The van der Waals surface area contributed by atoms with Crippen molar-refractivity contribution in [2.24, 2.45) is 0 Å². The van der Waals surface area contributed by atoms with Crippen LogP contribution in [-0.2, 0) is 0 Å². The van der Waals surface area contributed by atoms with Crippen LogP contribution in [-0.4, -0.2) is 12.1 Å². The van der Waals surface area contributed by atoms with Gasteiger partial charge in [-0.05, 0) is 30.3 Å². The number of halogens is 1. The summed E-state index contributed by atoms with van der Waals surface area (Å²) in [6, 6.07) is 10.6. The van der Waals surface area contributed by atoms with Crippen LogP contribution in [0, 0.1) is 5.82 Å². The Morgan fingerprint density at radius 3 is 2.44 bits per heavy atom. The van der Waals surface area contributed by atoms with Crippen LogP contribution in [0.15, 0.2) is 36.4 Å². The van der Waals surface area contributed by atoms with Gasteiger partial charge in [-0.2, -0.15) is 0 Å². The zero-order valence-corrected chi connectivity index (χ0v) is 8.75. The first kappa shape index (κ1) is 9.21. The summed E-state index contributed by atoms with van der Waals surface area (Å²) >= 11 is 0. The lowest BCUT2D eigenvalue weighted by Gasteiger charge is -1.98. The predicted molar refractivity (Wildman–Crippen MR) is 62.3 cm³/mol. The minimum absolute atomic E-state index is 0.231. The highest BCUT2D eigenvalue weighted by atomic mass is 19.1. The van der Waals surface area contributed by atoms with Gasteiger partial charge >= 0.3 is 0 Å². The third kappa shape index (κ3) is 1.25. The van der Waals surface area contributed by atoms with Crippen LogP contribution >= 0.6 is 0 Å². The summed E-state index contributed by atoms with van der Waals surface area (Å²) in [6.45, 7) is 0. The van der Waals surface area contributed by atoms with Crippen molar-refractivity contribution in [1.82, 2.24) is 4.98 Å². The maximum absolute atomic E-state index is 13.1. The molecule has 0 aliphatic carbocycles. The van der Waals surface area contributed by atoms with Gasteiger partial charge in [-0.1, -0.05) is 0 Å². The number of aromatic amines is 1. The molecule has 0 fully saturated rings. The highest BCUT2D eigenvalue weighted by molar-refractivity contribution is 6.07. The van der Waals surface area contributed by atoms with E-state index in [4.69, 9.17) is 4.74 Å². The molecule has 2 aromatic carbocycles. The molecule has 3 rings (SSSR count). The Balaban J connectivity index is 2.40. The maximum Gasteiger partial charge on any atom is 0.125 e. The van der Waals surface area contributed by atoms with Crippen molar-refractivity contribution in [2.75, 3.05) is 7.11 Å². The van der Waals surface area contributed by atoms with Crippen LogP contribution in [0.5, 0.6) is 5.75 Å². The van der Waals surface area contributed by atoms with Gasteiger partial charge in [-0.3, -0.25) is 0 Å².